The van der Waals surface area contributed by atoms with Gasteiger partial charge in [0.05, 0.1) is 32.0 Å². The van der Waals surface area contributed by atoms with Gasteiger partial charge in [-0.15, -0.1) is 0 Å². The molecule has 51 heteroatoms. The monoisotopic (exact) mass is 1850 g/mol. The molecule has 34 N–H and O–H groups in total. The summed E-state index contributed by atoms with van der Waals surface area (Å²) in [7, 11) is 0. The summed E-state index contributed by atoms with van der Waals surface area (Å²) in [4.78, 5) is 280. The number of nitrogens with two attached hydrogens (primary N) is 4. The molecule has 0 radical (unpaired) electrons. The number of carbonyl (C=O) groups excluding carboxylic acids is 16. The predicted molar refractivity (Wildman–Crippen MR) is 460 cm³/mol. The van der Waals surface area contributed by atoms with Crippen LogP contribution in [0.2, 0.25) is 0 Å². The molecule has 0 saturated heterocycles. The van der Waals surface area contributed by atoms with E-state index >= 15 is 0 Å². The summed E-state index contributed by atoms with van der Waals surface area (Å²) in [5, 5.41) is 124. The minimum atomic E-state index is -2.04. The predicted octanol–water partition coefficient (Wildman–Crippen LogP) is -8.65. The summed E-state index contributed by atoms with van der Waals surface area (Å²) < 4.78 is 0. The van der Waals surface area contributed by atoms with Crippen LogP contribution in [-0.2, 0) is 114 Å². The Labute approximate surface area is 751 Å². The van der Waals surface area contributed by atoms with Crippen LogP contribution in [-0.4, -0.2) is 289 Å². The molecule has 2 rings (SSSR count). The highest BCUT2D eigenvalue weighted by molar-refractivity contribution is 6.02. The molecule has 16 amide bonds. The van der Waals surface area contributed by atoms with Crippen molar-refractivity contribution in [1.82, 2.24) is 90.4 Å². The number of carboxylic acid groups (broad SMARTS) is 5. The SMILES string of the molecule is CC(C)C[C@H](NC(=O)[C@H](C)NC(=O)[C@H](CCCNC(=N)N)NC(=O)[C@H](CCCNC(=N)N)NC(=O)[C@@H](NC(=O)CNC(=O)[C@H](CCC(=O)O)NC(=O)[C@@H](N)CCC(=O)O)C(C)C)C(=O)N[C@@H](CC(=O)O)C(=O)N[C@@H](Cc1ccccc1)C(=O)N[C@@H](C)C(=O)N[C@H](C(=O)N[C@@H](CO)C(=O)N[C@@H](CCC(=O)O)C(=O)N[C@@H](Cc1ccc(O)cc1)C(=O)N[C@@H](CC(N)=O)C(=O)O)C(C)C. The molecule has 0 heterocycles. The summed E-state index contributed by atoms with van der Waals surface area (Å²) in [6.45, 7) is 9.30. The highest BCUT2D eigenvalue weighted by Gasteiger charge is 2.39. The van der Waals surface area contributed by atoms with E-state index in [-0.39, 0.29) is 69.3 Å². The molecule has 2 aromatic carbocycles. The lowest BCUT2D eigenvalue weighted by atomic mass is 10.0. The summed E-state index contributed by atoms with van der Waals surface area (Å²) >= 11 is 0. The van der Waals surface area contributed by atoms with E-state index in [4.69, 9.17) is 38.9 Å². The Balaban J connectivity index is 2.45. The van der Waals surface area contributed by atoms with Crippen molar-refractivity contribution in [3.8, 4) is 5.75 Å². The molecule has 51 nitrogen and oxygen atoms in total. The summed E-state index contributed by atoms with van der Waals surface area (Å²) in [5.41, 5.74) is 22.5. The third kappa shape index (κ3) is 44.2. The molecule has 0 aliphatic carbocycles. The topological polar surface area (TPSA) is 856 Å². The van der Waals surface area contributed by atoms with Crippen molar-refractivity contribution < 1.29 is 136 Å². The molecule has 0 fully saturated rings. The number of phenols is 1. The van der Waals surface area contributed by atoms with Crippen molar-refractivity contribution in [3.05, 3.63) is 65.7 Å². The first-order valence-corrected chi connectivity index (χ1v) is 41.6. The van der Waals surface area contributed by atoms with E-state index in [1.165, 1.54) is 71.0 Å². The second-order valence-electron chi connectivity index (χ2n) is 31.7. The third-order valence-electron chi connectivity index (χ3n) is 19.4. The Kier molecular flexibility index (Phi) is 49.4. The minimum absolute atomic E-state index is 0.00650. The van der Waals surface area contributed by atoms with Crippen molar-refractivity contribution in [1.29, 1.82) is 10.8 Å². The standard InChI is InChI=1S/C80H123N23O28/c1-37(2)30-50(96-64(116)40(7)90-68(120)46(16-12-28-87-79(83)84)93-69(121)47(17-13-29-88-80(85)86)95-76(128)62(38(3)4)102-57(107)35-89-67(119)48(23-26-59(110)111)92-66(118)45(81)22-25-58(108)109)72(124)99-53(34-61(114)115)74(126)98-51(31-42-14-10-9-11-15-42)71(123)91-41(8)65(117)103-63(39(5)6)77(129)101-55(36-104)75(127)94-49(24-27-60(112)113)70(122)97-52(32-43-18-20-44(105)21-19-43)73(125)100-54(78(130)131)33-56(82)106/h9-11,14-15,18-21,37-41,45-55,62-63,104-105H,12-13,16-17,22-36,81H2,1-8H3,(H2,82,106)(H,89,119)(H,90,120)(H,91,123)(H,92,118)(H,93,121)(H,94,127)(H,95,128)(H,96,116)(H,97,122)(H,98,126)(H,99,124)(H,100,125)(H,101,129)(H,102,107)(H,103,117)(H,108,109)(H,110,111)(H,112,113)(H,114,115)(H,130,131)(H4,83,84,87)(H4,85,86,88)/t40-,41-,45-,46-,47-,48-,49-,50-,51-,52-,53-,54-,55-,62-,63-/m0/s1. The van der Waals surface area contributed by atoms with Gasteiger partial charge < -0.3 is 149 Å². The van der Waals surface area contributed by atoms with Gasteiger partial charge in [-0.3, -0.25) is 107 Å². The Bertz CT molecular complexity index is 4350. The molecule has 2 aromatic rings. The number of aliphatic hydroxyl groups excluding tert-OH is 1. The van der Waals surface area contributed by atoms with Crippen LogP contribution in [0.5, 0.6) is 5.75 Å². The first kappa shape index (κ1) is 113. The number of primary amides is 1. The first-order chi connectivity index (χ1) is 61.3. The fourth-order valence-electron chi connectivity index (χ4n) is 12.3. The number of hydrogen-bond donors (Lipinski definition) is 30. The maximum Gasteiger partial charge on any atom is 0.326 e. The lowest BCUT2D eigenvalue weighted by Crippen LogP contribution is -2.61. The molecule has 0 aliphatic rings. The van der Waals surface area contributed by atoms with Crippen LogP contribution < -0.4 is 113 Å². The van der Waals surface area contributed by atoms with Gasteiger partial charge in [0.25, 0.3) is 0 Å². The zero-order chi connectivity index (χ0) is 99.2. The number of amides is 16. The molecule has 0 unspecified atom stereocenters. The molecule has 0 bridgehead atoms. The quantitative estimate of drug-likeness (QED) is 0.0166. The number of hydrogen-bond acceptors (Lipinski definition) is 26. The second-order valence-corrected chi connectivity index (χ2v) is 31.7. The molecule has 0 saturated carbocycles. The van der Waals surface area contributed by atoms with Gasteiger partial charge >= 0.3 is 29.8 Å². The second kappa shape index (κ2) is 57.4. The molecule has 15 atom stereocenters. The fraction of sp³-hybridized carbons (Fsp3) is 0.562. The van der Waals surface area contributed by atoms with Crippen LogP contribution in [0.4, 0.5) is 0 Å². The summed E-state index contributed by atoms with van der Waals surface area (Å²) in [5.74, 6) is -28.5. The molecular weight excluding hydrogens is 1730 g/mol. The number of nitrogens with one attached hydrogen (secondary N) is 19. The largest absolute Gasteiger partial charge is 0.508 e. The van der Waals surface area contributed by atoms with Crippen LogP contribution in [0.1, 0.15) is 150 Å². The summed E-state index contributed by atoms with van der Waals surface area (Å²) in [6.07, 6.45) is -7.04. The highest BCUT2D eigenvalue weighted by atomic mass is 16.4. The maximum absolute atomic E-state index is 14.5. The van der Waals surface area contributed by atoms with Crippen molar-refractivity contribution in [2.45, 2.75) is 242 Å². The Morgan fingerprint density at radius 2 is 0.710 bits per heavy atom. The number of aliphatic hydroxyl groups is 1. The molecule has 131 heavy (non-hydrogen) atoms. The number of rotatable bonds is 61. The van der Waals surface area contributed by atoms with Gasteiger partial charge in [0.2, 0.25) is 94.5 Å². The maximum atomic E-state index is 14.5. The van der Waals surface area contributed by atoms with Gasteiger partial charge in [0.1, 0.15) is 90.3 Å². The van der Waals surface area contributed by atoms with Crippen LogP contribution >= 0.6 is 0 Å². The zero-order valence-corrected chi connectivity index (χ0v) is 73.5. The normalized spacial score (nSPS) is 14.4. The van der Waals surface area contributed by atoms with Crippen molar-refractivity contribution in [2.75, 3.05) is 26.2 Å². The Morgan fingerprint density at radius 1 is 0.351 bits per heavy atom. The number of guanidine groups is 2. The van der Waals surface area contributed by atoms with Crippen molar-refractivity contribution >= 4 is 136 Å². The molecular formula is C80H123N23O28. The van der Waals surface area contributed by atoms with E-state index in [1.807, 2.05) is 0 Å². The number of phenolic OH excluding ortho intramolecular Hbond substituents is 1. The lowest BCUT2D eigenvalue weighted by molar-refractivity contribution is -0.144. The Hall–Kier alpha value is -14.4. The average molecular weight is 1850 g/mol. The lowest BCUT2D eigenvalue weighted by Gasteiger charge is -2.28. The molecule has 0 aliphatic heterocycles. The van der Waals surface area contributed by atoms with E-state index < -0.39 is 309 Å². The van der Waals surface area contributed by atoms with E-state index in [0.29, 0.717) is 5.56 Å². The highest BCUT2D eigenvalue weighted by Crippen LogP contribution is 2.16. The molecule has 726 valence electrons. The van der Waals surface area contributed by atoms with Crippen LogP contribution in [0.3, 0.4) is 0 Å². The van der Waals surface area contributed by atoms with Crippen LogP contribution in [0.15, 0.2) is 54.6 Å². The number of aromatic hydroxyl groups is 1. The van der Waals surface area contributed by atoms with Crippen LogP contribution in [0.25, 0.3) is 0 Å². The Morgan fingerprint density at radius 3 is 1.15 bits per heavy atom. The average Bonchev–Trinajstić information content (AvgIpc) is 0.859. The van der Waals surface area contributed by atoms with Gasteiger partial charge in [-0.05, 0) is 106 Å². The van der Waals surface area contributed by atoms with Crippen molar-refractivity contribution in [3.63, 3.8) is 0 Å². The van der Waals surface area contributed by atoms with Gasteiger partial charge in [-0.25, -0.2) is 4.79 Å². The van der Waals surface area contributed by atoms with Gasteiger partial charge in [-0.1, -0.05) is 84.0 Å². The third-order valence-corrected chi connectivity index (χ3v) is 19.4. The van der Waals surface area contributed by atoms with Crippen molar-refractivity contribution in [2.24, 2.45) is 40.7 Å². The first-order valence-electron chi connectivity index (χ1n) is 41.6. The molecule has 0 spiro atoms. The number of carboxylic acids is 5. The van der Waals surface area contributed by atoms with Crippen LogP contribution in [0, 0.1) is 28.6 Å². The zero-order valence-electron chi connectivity index (χ0n) is 73.5. The van der Waals surface area contributed by atoms with E-state index in [9.17, 15) is 131 Å². The van der Waals surface area contributed by atoms with Gasteiger partial charge in [0, 0.05) is 45.2 Å². The van der Waals surface area contributed by atoms with E-state index in [0.717, 1.165) is 6.92 Å². The number of benzene rings is 2. The summed E-state index contributed by atoms with van der Waals surface area (Å²) in [6, 6.07) is -12.3. The van der Waals surface area contributed by atoms with Gasteiger partial charge in [-0.2, -0.15) is 0 Å². The van der Waals surface area contributed by atoms with E-state index in [1.54, 1.807) is 32.0 Å². The van der Waals surface area contributed by atoms with Gasteiger partial charge in [0.15, 0.2) is 11.9 Å². The molecule has 0 aromatic heterocycles. The van der Waals surface area contributed by atoms with E-state index in [2.05, 4.69) is 90.4 Å². The smallest absolute Gasteiger partial charge is 0.326 e. The number of carbonyl (C=O) groups is 21. The fourth-order valence-corrected chi connectivity index (χ4v) is 12.3. The number of aliphatic carboxylic acids is 5. The minimum Gasteiger partial charge on any atom is -0.508 e.